The van der Waals surface area contributed by atoms with Crippen molar-refractivity contribution < 1.29 is 11.3 Å². The normalized spacial score (nSPS) is 15.8. The molecule has 0 aliphatic carbocycles. The fraction of sp³-hybridized carbons (Fsp3) is 0.667. The van der Waals surface area contributed by atoms with Gasteiger partial charge in [0.05, 0.1) is 6.42 Å². The Morgan fingerprint density at radius 2 is 2.67 bits per heavy atom. The number of hydrogen-bond donors (Lipinski definition) is 2. The molecule has 0 aromatic carbocycles. The van der Waals surface area contributed by atoms with E-state index in [2.05, 4.69) is 0 Å². The molecule has 3 N–H and O–H groups in total. The largest absolute Gasteiger partial charge is 0.481 e. The number of hydrogen-bond acceptors (Lipinski definition) is 2. The maximum Gasteiger partial charge on any atom is 0.304 e. The average molecular weight is 90.1 g/mol. The summed E-state index contributed by atoms with van der Waals surface area (Å²) in [6.07, 6.45) is -0.278. The molecule has 0 amide bonds. The first kappa shape index (κ1) is 3.61. The van der Waals surface area contributed by atoms with Gasteiger partial charge in [-0.3, -0.25) is 4.79 Å². The molecule has 0 unspecified atom stereocenters. The van der Waals surface area contributed by atoms with Gasteiger partial charge in [0, 0.05) is 7.89 Å². The van der Waals surface area contributed by atoms with Crippen LogP contribution in [0, 0.1) is 0 Å². The Hall–Kier alpha value is -0.570. The number of carbonyl (C=O) groups is 1. The van der Waals surface area contributed by atoms with Crippen LogP contribution >= 0.6 is 0 Å². The van der Waals surface area contributed by atoms with E-state index in [1.807, 2.05) is 0 Å². The minimum Gasteiger partial charge on any atom is -0.481 e. The Kier molecular flexibility index (Phi) is 1.60. The number of carboxylic acids is 1. The van der Waals surface area contributed by atoms with Gasteiger partial charge in [0.15, 0.2) is 0 Å². The van der Waals surface area contributed by atoms with E-state index in [0.717, 1.165) is 0 Å². The van der Waals surface area contributed by atoms with Crippen molar-refractivity contribution in [2.45, 2.75) is 6.42 Å². The molecule has 0 fully saturated rings. The van der Waals surface area contributed by atoms with E-state index in [4.69, 9.17) is 12.2 Å². The van der Waals surface area contributed by atoms with Crippen LogP contribution in [0.2, 0.25) is 0 Å². The number of rotatable bonds is 2. The van der Waals surface area contributed by atoms with Crippen molar-refractivity contribution >= 4 is 5.97 Å². The molecule has 0 rings (SSSR count). The molecule has 0 radical (unpaired) electrons. The van der Waals surface area contributed by atoms with Gasteiger partial charge in [-0.25, -0.2) is 0 Å². The minimum absolute atomic E-state index is 0.278. The molecule has 36 valence electrons. The molecular formula is C3H7NO2. The molecule has 0 heterocycles. The van der Waals surface area contributed by atoms with Gasteiger partial charge >= 0.3 is 5.97 Å². The Balaban J connectivity index is 3.13. The van der Waals surface area contributed by atoms with Crippen molar-refractivity contribution in [2.24, 2.45) is 5.73 Å². The summed E-state index contributed by atoms with van der Waals surface area (Å²) in [4.78, 5) is 9.61. The molecule has 0 aromatic rings. The van der Waals surface area contributed by atoms with Gasteiger partial charge < -0.3 is 10.8 Å². The van der Waals surface area contributed by atoms with Crippen LogP contribution in [0.25, 0.3) is 0 Å². The smallest absolute Gasteiger partial charge is 0.304 e. The second kappa shape index (κ2) is 2.66. The summed E-state index contributed by atoms with van der Waals surface area (Å²) < 4.78 is 6.50. The predicted molar refractivity (Wildman–Crippen MR) is 21.3 cm³/mol. The molecular weight excluding hydrogens is 82.0 g/mol. The van der Waals surface area contributed by atoms with Crippen LogP contribution in [0.3, 0.4) is 0 Å². The standard InChI is InChI=1S/C3H7NO2/c4-2-1-3(5)6/h1-2,4H2,(H,5,6)/i2D/t2-/m0/s1. The van der Waals surface area contributed by atoms with Crippen molar-refractivity contribution in [1.82, 2.24) is 0 Å². The maximum atomic E-state index is 9.61. The van der Waals surface area contributed by atoms with Crippen LogP contribution in [0.15, 0.2) is 0 Å². The Morgan fingerprint density at radius 1 is 2.17 bits per heavy atom. The highest BCUT2D eigenvalue weighted by Crippen LogP contribution is 1.67. The average Bonchev–Trinajstić information content (AvgIpc) is 1.27. The molecule has 0 aliphatic rings. The number of aliphatic carboxylic acids is 1. The van der Waals surface area contributed by atoms with Gasteiger partial charge in [0.25, 0.3) is 0 Å². The summed E-state index contributed by atoms with van der Waals surface area (Å²) in [5.74, 6) is -1.03. The van der Waals surface area contributed by atoms with Crippen molar-refractivity contribution in [3.8, 4) is 0 Å². The van der Waals surface area contributed by atoms with E-state index in [9.17, 15) is 4.79 Å². The molecule has 0 bridgehead atoms. The summed E-state index contributed by atoms with van der Waals surface area (Å²) in [6.45, 7) is -0.975. The molecule has 1 atom stereocenters. The highest BCUT2D eigenvalue weighted by Gasteiger charge is 1.87. The van der Waals surface area contributed by atoms with Crippen molar-refractivity contribution in [2.75, 3.05) is 6.52 Å². The van der Waals surface area contributed by atoms with Crippen LogP contribution in [0.4, 0.5) is 0 Å². The Bertz CT molecular complexity index is 73.3. The van der Waals surface area contributed by atoms with Gasteiger partial charge in [-0.1, -0.05) is 0 Å². The molecule has 6 heavy (non-hydrogen) atoms. The van der Waals surface area contributed by atoms with Crippen molar-refractivity contribution in [1.29, 1.82) is 0 Å². The zero-order valence-electron chi connectivity index (χ0n) is 4.22. The highest BCUT2D eigenvalue weighted by molar-refractivity contribution is 5.66. The second-order valence-corrected chi connectivity index (χ2v) is 0.834. The zero-order chi connectivity index (χ0) is 5.86. The van der Waals surface area contributed by atoms with Gasteiger partial charge in [-0.15, -0.1) is 0 Å². The SMILES string of the molecule is [2H][C@H](N)CC(=O)O. The lowest BCUT2D eigenvalue weighted by Crippen LogP contribution is -2.05. The van der Waals surface area contributed by atoms with E-state index in [1.165, 1.54) is 0 Å². The maximum absolute atomic E-state index is 9.61. The summed E-state index contributed by atoms with van der Waals surface area (Å²) in [5.41, 5.74) is 4.78. The quantitative estimate of drug-likeness (QED) is 0.476. The topological polar surface area (TPSA) is 63.3 Å². The van der Waals surface area contributed by atoms with Crippen LogP contribution < -0.4 is 5.73 Å². The first-order valence-corrected chi connectivity index (χ1v) is 1.52. The first-order chi connectivity index (χ1) is 3.13. The first-order valence-electron chi connectivity index (χ1n) is 2.10. The highest BCUT2D eigenvalue weighted by atomic mass is 16.4. The zero-order valence-corrected chi connectivity index (χ0v) is 3.22. The molecule has 3 heteroatoms. The van der Waals surface area contributed by atoms with Crippen LogP contribution in [0.5, 0.6) is 0 Å². The number of carboxylic acid groups (broad SMARTS) is 1. The lowest BCUT2D eigenvalue weighted by molar-refractivity contribution is -0.136. The minimum atomic E-state index is -1.03. The third-order valence-electron chi connectivity index (χ3n) is 0.292. The van der Waals surface area contributed by atoms with E-state index >= 15 is 0 Å². The van der Waals surface area contributed by atoms with Crippen LogP contribution in [-0.4, -0.2) is 17.6 Å². The van der Waals surface area contributed by atoms with E-state index in [1.54, 1.807) is 0 Å². The monoisotopic (exact) mass is 90.1 g/mol. The molecule has 0 saturated heterocycles. The molecule has 0 spiro atoms. The molecule has 0 aliphatic heterocycles. The predicted octanol–water partition coefficient (Wildman–Crippen LogP) is -0.580. The fourth-order valence-corrected chi connectivity index (χ4v) is 0.101. The summed E-state index contributed by atoms with van der Waals surface area (Å²) in [5, 5.41) is 7.88. The van der Waals surface area contributed by atoms with Gasteiger partial charge in [0.2, 0.25) is 0 Å². The van der Waals surface area contributed by atoms with Gasteiger partial charge in [-0.05, 0) is 0 Å². The molecule has 0 aromatic heterocycles. The van der Waals surface area contributed by atoms with Gasteiger partial charge in [-0.2, -0.15) is 0 Å². The van der Waals surface area contributed by atoms with Crippen LogP contribution in [0.1, 0.15) is 7.79 Å². The van der Waals surface area contributed by atoms with E-state index < -0.39 is 12.5 Å². The van der Waals surface area contributed by atoms with Crippen molar-refractivity contribution in [3.63, 3.8) is 0 Å². The Labute approximate surface area is 37.2 Å². The van der Waals surface area contributed by atoms with E-state index in [-0.39, 0.29) is 6.42 Å². The molecule has 3 nitrogen and oxygen atoms in total. The molecule has 0 saturated carbocycles. The Morgan fingerprint density at radius 3 is 2.67 bits per heavy atom. The van der Waals surface area contributed by atoms with Crippen LogP contribution in [-0.2, 0) is 4.79 Å². The lowest BCUT2D eigenvalue weighted by Gasteiger charge is -1.80. The summed E-state index contributed by atoms with van der Waals surface area (Å²) in [7, 11) is 0. The second-order valence-electron chi connectivity index (χ2n) is 0.834. The van der Waals surface area contributed by atoms with Crippen molar-refractivity contribution in [3.05, 3.63) is 0 Å². The lowest BCUT2D eigenvalue weighted by atomic mass is 10.5. The summed E-state index contributed by atoms with van der Waals surface area (Å²) >= 11 is 0. The van der Waals surface area contributed by atoms with Gasteiger partial charge in [0.1, 0.15) is 0 Å². The number of nitrogens with two attached hydrogens (primary N) is 1. The fourth-order valence-electron chi connectivity index (χ4n) is 0.101. The van der Waals surface area contributed by atoms with E-state index in [0.29, 0.717) is 0 Å². The summed E-state index contributed by atoms with van der Waals surface area (Å²) in [6, 6.07) is 0. The third kappa shape index (κ3) is 3.43. The third-order valence-corrected chi connectivity index (χ3v) is 0.292.